The number of aldehydes is 1. The summed E-state index contributed by atoms with van der Waals surface area (Å²) in [7, 11) is 0. The molecule has 0 bridgehead atoms. The van der Waals surface area contributed by atoms with Gasteiger partial charge in [-0.1, -0.05) is 24.3 Å². The molecule has 2 rings (SSSR count). The Bertz CT molecular complexity index is 321. The molecule has 0 saturated carbocycles. The second-order valence-electron chi connectivity index (χ2n) is 3.32. The van der Waals surface area contributed by atoms with E-state index in [0.29, 0.717) is 0 Å². The maximum Gasteiger partial charge on any atom is 0.144 e. The summed E-state index contributed by atoms with van der Waals surface area (Å²) < 4.78 is 0. The Morgan fingerprint density at radius 1 is 1.42 bits per heavy atom. The van der Waals surface area contributed by atoms with Crippen molar-refractivity contribution in [1.82, 2.24) is 0 Å². The van der Waals surface area contributed by atoms with Gasteiger partial charge in [0.2, 0.25) is 0 Å². The van der Waals surface area contributed by atoms with Crippen molar-refractivity contribution in [2.75, 3.05) is 0 Å². The lowest BCUT2D eigenvalue weighted by atomic mass is 9.95. The number of carbonyl (C=O) groups excluding carboxylic acids is 1. The van der Waals surface area contributed by atoms with Crippen molar-refractivity contribution < 1.29 is 4.79 Å². The van der Waals surface area contributed by atoms with Crippen LogP contribution in [0.3, 0.4) is 0 Å². The molecule has 0 spiro atoms. The Labute approximate surface area is 71.4 Å². The van der Waals surface area contributed by atoms with E-state index in [0.717, 1.165) is 24.7 Å². The predicted octanol–water partition coefficient (Wildman–Crippen LogP) is 0.986. The molecule has 1 aromatic rings. The minimum Gasteiger partial charge on any atom is -0.315 e. The highest BCUT2D eigenvalue weighted by Gasteiger charge is 2.33. The summed E-state index contributed by atoms with van der Waals surface area (Å²) in [4.78, 5) is 10.8. The maximum absolute atomic E-state index is 10.8. The molecule has 1 aliphatic carbocycles. The van der Waals surface area contributed by atoms with Crippen molar-refractivity contribution in [2.45, 2.75) is 18.4 Å². The number of aryl methyl sites for hydroxylation is 1. The number of carbonyl (C=O) groups is 1. The molecule has 1 aromatic carbocycles. The van der Waals surface area contributed by atoms with Gasteiger partial charge in [0.05, 0.1) is 5.54 Å². The van der Waals surface area contributed by atoms with Gasteiger partial charge in [-0.15, -0.1) is 0 Å². The Morgan fingerprint density at radius 2 is 2.17 bits per heavy atom. The summed E-state index contributed by atoms with van der Waals surface area (Å²) >= 11 is 0. The van der Waals surface area contributed by atoms with Crippen LogP contribution < -0.4 is 5.73 Å². The minimum absolute atomic E-state index is 0.712. The SMILES string of the molecule is NC1(C=O)CCc2ccccc21. The summed E-state index contributed by atoms with van der Waals surface area (Å²) in [6.07, 6.45) is 2.53. The predicted molar refractivity (Wildman–Crippen MR) is 46.7 cm³/mol. The van der Waals surface area contributed by atoms with Crippen molar-refractivity contribution in [3.05, 3.63) is 35.4 Å². The van der Waals surface area contributed by atoms with Gasteiger partial charge in [0, 0.05) is 0 Å². The van der Waals surface area contributed by atoms with Crippen LogP contribution in [0.2, 0.25) is 0 Å². The van der Waals surface area contributed by atoms with Gasteiger partial charge < -0.3 is 10.5 Å². The van der Waals surface area contributed by atoms with Gasteiger partial charge in [0.15, 0.2) is 0 Å². The zero-order valence-corrected chi connectivity index (χ0v) is 6.79. The molecule has 0 amide bonds. The van der Waals surface area contributed by atoms with Crippen molar-refractivity contribution >= 4 is 6.29 Å². The van der Waals surface area contributed by atoms with Crippen LogP contribution in [0.15, 0.2) is 24.3 Å². The molecule has 2 N–H and O–H groups in total. The number of hydrogen-bond donors (Lipinski definition) is 1. The van der Waals surface area contributed by atoms with Gasteiger partial charge in [-0.2, -0.15) is 0 Å². The van der Waals surface area contributed by atoms with Crippen molar-refractivity contribution in [3.63, 3.8) is 0 Å². The molecule has 0 fully saturated rings. The first kappa shape index (κ1) is 7.50. The Kier molecular flexibility index (Phi) is 1.51. The van der Waals surface area contributed by atoms with Crippen molar-refractivity contribution in [3.8, 4) is 0 Å². The molecule has 12 heavy (non-hydrogen) atoms. The van der Waals surface area contributed by atoms with Crippen LogP contribution in [0.1, 0.15) is 17.5 Å². The molecule has 2 nitrogen and oxygen atoms in total. The Morgan fingerprint density at radius 3 is 2.92 bits per heavy atom. The smallest absolute Gasteiger partial charge is 0.144 e. The summed E-state index contributed by atoms with van der Waals surface area (Å²) in [6.45, 7) is 0. The molecule has 2 heteroatoms. The van der Waals surface area contributed by atoms with Crippen LogP contribution in [0, 0.1) is 0 Å². The number of hydrogen-bond acceptors (Lipinski definition) is 2. The topological polar surface area (TPSA) is 43.1 Å². The van der Waals surface area contributed by atoms with E-state index in [1.165, 1.54) is 5.56 Å². The van der Waals surface area contributed by atoms with E-state index in [1.54, 1.807) is 0 Å². The van der Waals surface area contributed by atoms with E-state index in [9.17, 15) is 4.79 Å². The maximum atomic E-state index is 10.8. The second-order valence-corrected chi connectivity index (χ2v) is 3.32. The summed E-state index contributed by atoms with van der Waals surface area (Å²) in [6, 6.07) is 7.88. The van der Waals surface area contributed by atoms with Gasteiger partial charge in [0.25, 0.3) is 0 Å². The lowest BCUT2D eigenvalue weighted by Crippen LogP contribution is -2.35. The zero-order valence-electron chi connectivity index (χ0n) is 6.79. The molecule has 62 valence electrons. The molecule has 0 heterocycles. The first-order valence-electron chi connectivity index (χ1n) is 4.10. The number of fused-ring (bicyclic) bond motifs is 1. The van der Waals surface area contributed by atoms with E-state index < -0.39 is 5.54 Å². The van der Waals surface area contributed by atoms with E-state index in [2.05, 4.69) is 0 Å². The number of rotatable bonds is 1. The number of nitrogens with two attached hydrogens (primary N) is 1. The van der Waals surface area contributed by atoms with Crippen LogP contribution >= 0.6 is 0 Å². The van der Waals surface area contributed by atoms with Gasteiger partial charge in [-0.25, -0.2) is 0 Å². The molecule has 1 aliphatic rings. The zero-order chi connectivity index (χ0) is 8.60. The first-order valence-corrected chi connectivity index (χ1v) is 4.10. The van der Waals surface area contributed by atoms with Crippen molar-refractivity contribution in [1.29, 1.82) is 0 Å². The largest absolute Gasteiger partial charge is 0.315 e. The van der Waals surface area contributed by atoms with E-state index in [4.69, 9.17) is 5.73 Å². The fourth-order valence-electron chi connectivity index (χ4n) is 1.79. The highest BCUT2D eigenvalue weighted by atomic mass is 16.1. The fourth-order valence-corrected chi connectivity index (χ4v) is 1.79. The Balaban J connectivity index is 2.56. The molecular weight excluding hydrogens is 150 g/mol. The van der Waals surface area contributed by atoms with Gasteiger partial charge in [0.1, 0.15) is 6.29 Å². The molecular formula is C10H11NO. The van der Waals surface area contributed by atoms with E-state index in [-0.39, 0.29) is 0 Å². The van der Waals surface area contributed by atoms with Gasteiger partial charge in [-0.3, -0.25) is 0 Å². The summed E-state index contributed by atoms with van der Waals surface area (Å²) in [5.41, 5.74) is 7.41. The Hall–Kier alpha value is -1.15. The monoisotopic (exact) mass is 161 g/mol. The van der Waals surface area contributed by atoms with Gasteiger partial charge in [-0.05, 0) is 24.0 Å². The lowest BCUT2D eigenvalue weighted by Gasteiger charge is -2.16. The van der Waals surface area contributed by atoms with Crippen LogP contribution in [0.25, 0.3) is 0 Å². The van der Waals surface area contributed by atoms with Crippen LogP contribution in [0.4, 0.5) is 0 Å². The molecule has 0 aliphatic heterocycles. The summed E-state index contributed by atoms with van der Waals surface area (Å²) in [5.74, 6) is 0. The molecule has 1 atom stereocenters. The summed E-state index contributed by atoms with van der Waals surface area (Å²) in [5, 5.41) is 0. The van der Waals surface area contributed by atoms with E-state index in [1.807, 2.05) is 24.3 Å². The highest BCUT2D eigenvalue weighted by molar-refractivity contribution is 5.70. The van der Waals surface area contributed by atoms with E-state index >= 15 is 0 Å². The normalized spacial score (nSPS) is 26.8. The third-order valence-electron chi connectivity index (χ3n) is 2.54. The molecule has 0 radical (unpaired) electrons. The fraction of sp³-hybridized carbons (Fsp3) is 0.300. The third-order valence-corrected chi connectivity index (χ3v) is 2.54. The van der Waals surface area contributed by atoms with Crippen LogP contribution in [-0.4, -0.2) is 6.29 Å². The molecule has 0 saturated heterocycles. The average molecular weight is 161 g/mol. The third kappa shape index (κ3) is 0.883. The number of benzene rings is 1. The molecule has 1 unspecified atom stereocenters. The van der Waals surface area contributed by atoms with Crippen LogP contribution in [-0.2, 0) is 16.8 Å². The lowest BCUT2D eigenvalue weighted by molar-refractivity contribution is -0.112. The standard InChI is InChI=1S/C10H11NO/c11-10(7-12)6-5-8-3-1-2-4-9(8)10/h1-4,7H,5-6,11H2. The van der Waals surface area contributed by atoms with Crippen LogP contribution in [0.5, 0.6) is 0 Å². The first-order chi connectivity index (χ1) is 5.76. The highest BCUT2D eigenvalue weighted by Crippen LogP contribution is 2.32. The van der Waals surface area contributed by atoms with Crippen molar-refractivity contribution in [2.24, 2.45) is 5.73 Å². The van der Waals surface area contributed by atoms with Gasteiger partial charge >= 0.3 is 0 Å². The minimum atomic E-state index is -0.712. The second kappa shape index (κ2) is 2.42. The quantitative estimate of drug-likeness (QED) is 0.624. The molecule has 0 aromatic heterocycles. The average Bonchev–Trinajstić information content (AvgIpc) is 2.46.